The molecule has 1 heterocycles. The van der Waals surface area contributed by atoms with Crippen LogP contribution in [0.1, 0.15) is 0 Å². The number of carbonyl (C=O) groups excluding carboxylic acids is 1. The Morgan fingerprint density at radius 1 is 0.903 bits per heavy atom. The minimum atomic E-state index is -3.92. The molecule has 3 aromatic rings. The molecule has 11 heteroatoms. The summed E-state index contributed by atoms with van der Waals surface area (Å²) in [6, 6.07) is 12.4. The maximum atomic E-state index is 12.6. The highest BCUT2D eigenvalue weighted by atomic mass is 32.2. The summed E-state index contributed by atoms with van der Waals surface area (Å²) in [4.78, 5) is 19.9. The molecule has 10 nitrogen and oxygen atoms in total. The molecule has 0 fully saturated rings. The molecule has 2 N–H and O–H groups in total. The molecular weight excluding hydrogens is 424 g/mol. The molecule has 0 aliphatic heterocycles. The van der Waals surface area contributed by atoms with Crippen LogP contribution in [0.2, 0.25) is 0 Å². The highest BCUT2D eigenvalue weighted by molar-refractivity contribution is 7.92. The second kappa shape index (κ2) is 9.76. The number of benzene rings is 2. The van der Waals surface area contributed by atoms with Crippen LogP contribution in [0.3, 0.4) is 0 Å². The van der Waals surface area contributed by atoms with Gasteiger partial charge in [-0.1, -0.05) is 0 Å². The summed E-state index contributed by atoms with van der Waals surface area (Å²) in [5.41, 5.74) is 0.416. The first kappa shape index (κ1) is 21.8. The lowest BCUT2D eigenvalue weighted by Gasteiger charge is -2.11. The Labute approximate surface area is 179 Å². The molecule has 0 saturated heterocycles. The molecule has 0 aliphatic rings. The van der Waals surface area contributed by atoms with Crippen LogP contribution in [0.15, 0.2) is 65.8 Å². The molecule has 0 saturated carbocycles. The number of nitrogens with zero attached hydrogens (tertiary/aromatic N) is 2. The second-order valence-electron chi connectivity index (χ2n) is 6.06. The van der Waals surface area contributed by atoms with Crippen LogP contribution in [-0.2, 0) is 14.8 Å². The highest BCUT2D eigenvalue weighted by Crippen LogP contribution is 2.22. The fourth-order valence-electron chi connectivity index (χ4n) is 2.47. The molecule has 2 aromatic carbocycles. The third kappa shape index (κ3) is 5.82. The van der Waals surface area contributed by atoms with Crippen molar-refractivity contribution in [3.05, 3.63) is 60.9 Å². The largest absolute Gasteiger partial charge is 0.497 e. The van der Waals surface area contributed by atoms with Crippen LogP contribution in [0.5, 0.6) is 17.4 Å². The van der Waals surface area contributed by atoms with E-state index in [0.717, 1.165) is 0 Å². The first-order valence-corrected chi connectivity index (χ1v) is 10.4. The first-order chi connectivity index (χ1) is 14.9. The minimum Gasteiger partial charge on any atom is -0.497 e. The van der Waals surface area contributed by atoms with Crippen molar-refractivity contribution in [1.82, 2.24) is 9.97 Å². The SMILES string of the molecule is COc1ccc(OCC(=O)Nc2ccc(S(=O)(=O)Nc3nccnc3OC)cc2)cc1. The number of methoxy groups -OCH3 is 2. The molecule has 0 atom stereocenters. The average molecular weight is 444 g/mol. The third-order valence-corrected chi connectivity index (χ3v) is 5.32. The molecular formula is C20H20N4O6S. The van der Waals surface area contributed by atoms with Gasteiger partial charge in [-0.3, -0.25) is 9.52 Å². The number of nitrogens with one attached hydrogen (secondary N) is 2. The van der Waals surface area contributed by atoms with E-state index in [0.29, 0.717) is 17.2 Å². The van der Waals surface area contributed by atoms with Crippen LogP contribution in [-0.4, -0.2) is 45.1 Å². The van der Waals surface area contributed by atoms with E-state index in [1.807, 2.05) is 0 Å². The zero-order chi connectivity index (χ0) is 22.3. The summed E-state index contributed by atoms with van der Waals surface area (Å²) in [6.07, 6.45) is 2.72. The van der Waals surface area contributed by atoms with Crippen LogP contribution in [0.4, 0.5) is 11.5 Å². The Morgan fingerprint density at radius 2 is 1.55 bits per heavy atom. The Morgan fingerprint density at radius 3 is 2.19 bits per heavy atom. The molecule has 0 aliphatic carbocycles. The van der Waals surface area contributed by atoms with Crippen molar-refractivity contribution in [2.75, 3.05) is 30.9 Å². The van der Waals surface area contributed by atoms with Gasteiger partial charge in [0.15, 0.2) is 6.61 Å². The number of aromatic nitrogens is 2. The molecule has 0 spiro atoms. The van der Waals surface area contributed by atoms with Crippen molar-refractivity contribution in [2.45, 2.75) is 4.90 Å². The standard InChI is InChI=1S/C20H20N4O6S/c1-28-15-5-7-16(8-6-15)30-13-18(25)23-14-3-9-17(10-4-14)31(26,27)24-19-20(29-2)22-12-11-21-19/h3-12H,13H2,1-2H3,(H,21,24)(H,23,25). The third-order valence-electron chi connectivity index (χ3n) is 3.97. The van der Waals surface area contributed by atoms with E-state index >= 15 is 0 Å². The molecule has 3 rings (SSSR count). The summed E-state index contributed by atoms with van der Waals surface area (Å²) < 4.78 is 42.9. The predicted octanol–water partition coefficient (Wildman–Crippen LogP) is 2.31. The van der Waals surface area contributed by atoms with Gasteiger partial charge in [-0.25, -0.2) is 18.4 Å². The van der Waals surface area contributed by atoms with E-state index in [9.17, 15) is 13.2 Å². The van der Waals surface area contributed by atoms with E-state index in [1.165, 1.54) is 43.8 Å². The molecule has 0 unspecified atom stereocenters. The number of rotatable bonds is 9. The number of anilines is 2. The number of carbonyl (C=O) groups is 1. The maximum Gasteiger partial charge on any atom is 0.263 e. The predicted molar refractivity (Wildman–Crippen MR) is 113 cm³/mol. The molecule has 1 amide bonds. The van der Waals surface area contributed by atoms with Gasteiger partial charge < -0.3 is 19.5 Å². The molecule has 31 heavy (non-hydrogen) atoms. The summed E-state index contributed by atoms with van der Waals surface area (Å²) in [6.45, 7) is -0.208. The second-order valence-corrected chi connectivity index (χ2v) is 7.74. The fourth-order valence-corrected chi connectivity index (χ4v) is 3.47. The van der Waals surface area contributed by atoms with Crippen molar-refractivity contribution in [3.8, 4) is 17.4 Å². The Kier molecular flexibility index (Phi) is 6.88. The van der Waals surface area contributed by atoms with Gasteiger partial charge >= 0.3 is 0 Å². The van der Waals surface area contributed by atoms with E-state index < -0.39 is 15.9 Å². The number of hydrogen-bond donors (Lipinski definition) is 2. The van der Waals surface area contributed by atoms with E-state index in [2.05, 4.69) is 20.0 Å². The van der Waals surface area contributed by atoms with Crippen LogP contribution >= 0.6 is 0 Å². The Balaban J connectivity index is 1.59. The number of ether oxygens (including phenoxy) is 3. The highest BCUT2D eigenvalue weighted by Gasteiger charge is 2.18. The smallest absolute Gasteiger partial charge is 0.263 e. The summed E-state index contributed by atoms with van der Waals surface area (Å²) in [5, 5.41) is 2.64. The lowest BCUT2D eigenvalue weighted by atomic mass is 10.3. The number of amides is 1. The van der Waals surface area contributed by atoms with Gasteiger partial charge in [0, 0.05) is 18.1 Å². The topological polar surface area (TPSA) is 129 Å². The van der Waals surface area contributed by atoms with Gasteiger partial charge in [0.1, 0.15) is 11.5 Å². The van der Waals surface area contributed by atoms with Crippen molar-refractivity contribution < 1.29 is 27.4 Å². The van der Waals surface area contributed by atoms with Gasteiger partial charge in [0.05, 0.1) is 19.1 Å². The quantitative estimate of drug-likeness (QED) is 0.514. The zero-order valence-corrected chi connectivity index (χ0v) is 17.5. The van der Waals surface area contributed by atoms with E-state index in [1.54, 1.807) is 31.4 Å². The van der Waals surface area contributed by atoms with E-state index in [4.69, 9.17) is 14.2 Å². The zero-order valence-electron chi connectivity index (χ0n) is 16.7. The number of sulfonamides is 1. The monoisotopic (exact) mass is 444 g/mol. The van der Waals surface area contributed by atoms with Crippen LogP contribution in [0, 0.1) is 0 Å². The molecule has 0 radical (unpaired) electrons. The lowest BCUT2D eigenvalue weighted by Crippen LogP contribution is -2.20. The first-order valence-electron chi connectivity index (χ1n) is 8.96. The minimum absolute atomic E-state index is 0.0207. The number of hydrogen-bond acceptors (Lipinski definition) is 8. The van der Waals surface area contributed by atoms with Gasteiger partial charge in [-0.05, 0) is 48.5 Å². The lowest BCUT2D eigenvalue weighted by molar-refractivity contribution is -0.118. The van der Waals surface area contributed by atoms with E-state index in [-0.39, 0.29) is 23.2 Å². The van der Waals surface area contributed by atoms with Crippen LogP contribution in [0.25, 0.3) is 0 Å². The van der Waals surface area contributed by atoms with Gasteiger partial charge in [0.2, 0.25) is 5.82 Å². The molecule has 1 aromatic heterocycles. The van der Waals surface area contributed by atoms with Gasteiger partial charge in [-0.2, -0.15) is 0 Å². The van der Waals surface area contributed by atoms with Crippen LogP contribution < -0.4 is 24.2 Å². The Hall–Kier alpha value is -3.86. The van der Waals surface area contributed by atoms with Crippen molar-refractivity contribution in [2.24, 2.45) is 0 Å². The van der Waals surface area contributed by atoms with Crippen molar-refractivity contribution in [3.63, 3.8) is 0 Å². The fraction of sp³-hybridized carbons (Fsp3) is 0.150. The molecule has 162 valence electrons. The van der Waals surface area contributed by atoms with Gasteiger partial charge in [0.25, 0.3) is 21.8 Å². The van der Waals surface area contributed by atoms with Crippen molar-refractivity contribution in [1.29, 1.82) is 0 Å². The van der Waals surface area contributed by atoms with Crippen molar-refractivity contribution >= 4 is 27.4 Å². The summed E-state index contributed by atoms with van der Waals surface area (Å²) >= 11 is 0. The van der Waals surface area contributed by atoms with Gasteiger partial charge in [-0.15, -0.1) is 0 Å². The Bertz CT molecular complexity index is 1140. The normalized spacial score (nSPS) is 10.8. The summed E-state index contributed by atoms with van der Waals surface area (Å²) in [7, 11) is -1.01. The average Bonchev–Trinajstić information content (AvgIpc) is 2.78. The summed E-state index contributed by atoms with van der Waals surface area (Å²) in [5.74, 6) is 0.820. The maximum absolute atomic E-state index is 12.6. The molecule has 0 bridgehead atoms.